The van der Waals surface area contributed by atoms with E-state index in [1.54, 1.807) is 25.1 Å². The standard InChI is InChI=1S/C21H31NO5/c1-5-13-27-21(11-9-15(3)10-12-21)20(24)22-16-7-8-18(25-4)17(14-16)19(23)26-6-2/h7-8,14-15H,5-6,9-13H2,1-4H3,(H,22,24). The molecule has 1 aromatic rings. The summed E-state index contributed by atoms with van der Waals surface area (Å²) in [5.41, 5.74) is 0.0203. The van der Waals surface area contributed by atoms with E-state index in [1.807, 2.05) is 6.92 Å². The van der Waals surface area contributed by atoms with Crippen molar-refractivity contribution in [3.63, 3.8) is 0 Å². The van der Waals surface area contributed by atoms with Crippen LogP contribution >= 0.6 is 0 Å². The number of hydrogen-bond acceptors (Lipinski definition) is 5. The van der Waals surface area contributed by atoms with Crippen LogP contribution in [0.15, 0.2) is 18.2 Å². The lowest BCUT2D eigenvalue weighted by atomic mass is 9.78. The van der Waals surface area contributed by atoms with Crippen molar-refractivity contribution < 1.29 is 23.8 Å². The highest BCUT2D eigenvalue weighted by Crippen LogP contribution is 2.36. The van der Waals surface area contributed by atoms with E-state index in [1.165, 1.54) is 7.11 Å². The van der Waals surface area contributed by atoms with Gasteiger partial charge in [0.15, 0.2) is 0 Å². The molecular formula is C21H31NO5. The molecule has 0 bridgehead atoms. The molecule has 6 nitrogen and oxygen atoms in total. The Hall–Kier alpha value is -2.08. The number of nitrogens with one attached hydrogen (secondary N) is 1. The van der Waals surface area contributed by atoms with Crippen molar-refractivity contribution in [3.05, 3.63) is 23.8 Å². The van der Waals surface area contributed by atoms with Gasteiger partial charge in [-0.05, 0) is 63.1 Å². The molecule has 0 aromatic heterocycles. The fraction of sp³-hybridized carbons (Fsp3) is 0.619. The predicted octanol–water partition coefficient (Wildman–Crippen LogP) is 4.19. The SMILES string of the molecule is CCCOC1(C(=O)Nc2ccc(OC)c(C(=O)OCC)c2)CCC(C)CC1. The topological polar surface area (TPSA) is 73.9 Å². The van der Waals surface area contributed by atoms with E-state index >= 15 is 0 Å². The monoisotopic (exact) mass is 377 g/mol. The summed E-state index contributed by atoms with van der Waals surface area (Å²) in [5.74, 6) is 0.388. The number of carbonyl (C=O) groups excluding carboxylic acids is 2. The molecule has 1 aromatic carbocycles. The van der Waals surface area contributed by atoms with E-state index in [4.69, 9.17) is 14.2 Å². The predicted molar refractivity (Wildman–Crippen MR) is 104 cm³/mol. The molecule has 1 aliphatic rings. The van der Waals surface area contributed by atoms with Gasteiger partial charge < -0.3 is 19.5 Å². The second-order valence-corrected chi connectivity index (χ2v) is 7.11. The van der Waals surface area contributed by atoms with Crippen molar-refractivity contribution in [2.75, 3.05) is 25.6 Å². The lowest BCUT2D eigenvalue weighted by molar-refractivity contribution is -0.147. The van der Waals surface area contributed by atoms with Crippen molar-refractivity contribution in [1.29, 1.82) is 0 Å². The molecule has 0 atom stereocenters. The number of rotatable bonds is 8. The van der Waals surface area contributed by atoms with E-state index in [2.05, 4.69) is 12.2 Å². The Balaban J connectivity index is 2.21. The molecule has 1 aliphatic carbocycles. The van der Waals surface area contributed by atoms with Gasteiger partial charge >= 0.3 is 5.97 Å². The zero-order valence-corrected chi connectivity index (χ0v) is 16.8. The van der Waals surface area contributed by atoms with Crippen LogP contribution in [0, 0.1) is 5.92 Å². The Kier molecular flexibility index (Phi) is 7.66. The molecule has 27 heavy (non-hydrogen) atoms. The lowest BCUT2D eigenvalue weighted by Gasteiger charge is -2.38. The third kappa shape index (κ3) is 5.22. The number of amides is 1. The molecule has 0 aliphatic heterocycles. The molecule has 2 rings (SSSR count). The van der Waals surface area contributed by atoms with Crippen LogP contribution in [0.3, 0.4) is 0 Å². The van der Waals surface area contributed by atoms with E-state index in [0.29, 0.717) is 36.8 Å². The number of hydrogen-bond donors (Lipinski definition) is 1. The summed E-state index contributed by atoms with van der Waals surface area (Å²) < 4.78 is 16.3. The molecule has 150 valence electrons. The normalized spacial score (nSPS) is 22.1. The van der Waals surface area contributed by atoms with Crippen LogP contribution in [0.25, 0.3) is 0 Å². The molecule has 0 unspecified atom stereocenters. The first kappa shape index (κ1) is 21.2. The first-order valence-electron chi connectivity index (χ1n) is 9.76. The third-order valence-corrected chi connectivity index (χ3v) is 5.03. The molecule has 1 saturated carbocycles. The zero-order chi connectivity index (χ0) is 19.9. The van der Waals surface area contributed by atoms with Crippen molar-refractivity contribution in [3.8, 4) is 5.75 Å². The quantitative estimate of drug-likeness (QED) is 0.688. The molecule has 6 heteroatoms. The maximum atomic E-state index is 13.1. The van der Waals surface area contributed by atoms with Crippen molar-refractivity contribution in [2.24, 2.45) is 5.92 Å². The van der Waals surface area contributed by atoms with Crippen LogP contribution in [-0.4, -0.2) is 37.8 Å². The van der Waals surface area contributed by atoms with E-state index in [0.717, 1.165) is 19.3 Å². The summed E-state index contributed by atoms with van der Waals surface area (Å²) in [6.45, 7) is 6.81. The molecule has 1 amide bonds. The highest BCUT2D eigenvalue weighted by molar-refractivity contribution is 5.99. The van der Waals surface area contributed by atoms with Crippen molar-refractivity contribution >= 4 is 17.6 Å². The number of methoxy groups -OCH3 is 1. The number of anilines is 1. The maximum Gasteiger partial charge on any atom is 0.341 e. The molecule has 1 N–H and O–H groups in total. The summed E-state index contributed by atoms with van der Waals surface area (Å²) >= 11 is 0. The van der Waals surface area contributed by atoms with Gasteiger partial charge in [0.25, 0.3) is 5.91 Å². The Morgan fingerprint density at radius 3 is 2.52 bits per heavy atom. The lowest BCUT2D eigenvalue weighted by Crippen LogP contribution is -2.48. The summed E-state index contributed by atoms with van der Waals surface area (Å²) in [5, 5.41) is 2.94. The Bertz CT molecular complexity index is 644. The molecule has 0 saturated heterocycles. The van der Waals surface area contributed by atoms with E-state index in [-0.39, 0.29) is 18.1 Å². The summed E-state index contributed by atoms with van der Waals surface area (Å²) in [4.78, 5) is 25.2. The summed E-state index contributed by atoms with van der Waals surface area (Å²) in [7, 11) is 1.49. The number of esters is 1. The van der Waals surface area contributed by atoms with Crippen LogP contribution in [0.5, 0.6) is 5.75 Å². The van der Waals surface area contributed by atoms with Gasteiger partial charge in [0.05, 0.1) is 13.7 Å². The fourth-order valence-corrected chi connectivity index (χ4v) is 3.36. The molecule has 0 spiro atoms. The average Bonchev–Trinajstić information content (AvgIpc) is 2.68. The number of carbonyl (C=O) groups is 2. The van der Waals surface area contributed by atoms with Gasteiger partial charge in [-0.2, -0.15) is 0 Å². The first-order valence-corrected chi connectivity index (χ1v) is 9.76. The van der Waals surface area contributed by atoms with Crippen molar-refractivity contribution in [2.45, 2.75) is 58.5 Å². The highest BCUT2D eigenvalue weighted by Gasteiger charge is 2.42. The first-order chi connectivity index (χ1) is 13.0. The van der Waals surface area contributed by atoms with E-state index in [9.17, 15) is 9.59 Å². The van der Waals surface area contributed by atoms with Gasteiger partial charge in [-0.15, -0.1) is 0 Å². The molecule has 0 heterocycles. The zero-order valence-electron chi connectivity index (χ0n) is 16.8. The van der Waals surface area contributed by atoms with Gasteiger partial charge in [0.1, 0.15) is 16.9 Å². The van der Waals surface area contributed by atoms with E-state index < -0.39 is 11.6 Å². The summed E-state index contributed by atoms with van der Waals surface area (Å²) in [6.07, 6.45) is 4.21. The van der Waals surface area contributed by atoms with Gasteiger partial charge in [-0.25, -0.2) is 4.79 Å². The Labute approximate surface area is 161 Å². The minimum absolute atomic E-state index is 0.150. The van der Waals surface area contributed by atoms with Crippen LogP contribution in [0.1, 0.15) is 63.2 Å². The Morgan fingerprint density at radius 1 is 1.22 bits per heavy atom. The minimum Gasteiger partial charge on any atom is -0.496 e. The fourth-order valence-electron chi connectivity index (χ4n) is 3.36. The van der Waals surface area contributed by atoms with Crippen LogP contribution in [0.4, 0.5) is 5.69 Å². The Morgan fingerprint density at radius 2 is 1.93 bits per heavy atom. The molecular weight excluding hydrogens is 346 g/mol. The largest absolute Gasteiger partial charge is 0.496 e. The van der Waals surface area contributed by atoms with Gasteiger partial charge in [-0.3, -0.25) is 4.79 Å². The smallest absolute Gasteiger partial charge is 0.341 e. The third-order valence-electron chi connectivity index (χ3n) is 5.03. The molecule has 0 radical (unpaired) electrons. The number of ether oxygens (including phenoxy) is 3. The van der Waals surface area contributed by atoms with Crippen molar-refractivity contribution in [1.82, 2.24) is 0 Å². The van der Waals surface area contributed by atoms with Crippen LogP contribution in [0.2, 0.25) is 0 Å². The maximum absolute atomic E-state index is 13.1. The van der Waals surface area contributed by atoms with Crippen LogP contribution < -0.4 is 10.1 Å². The van der Waals surface area contributed by atoms with Crippen LogP contribution in [-0.2, 0) is 14.3 Å². The minimum atomic E-state index is -0.799. The highest BCUT2D eigenvalue weighted by atomic mass is 16.5. The average molecular weight is 377 g/mol. The number of benzene rings is 1. The molecule has 1 fully saturated rings. The van der Waals surface area contributed by atoms with Gasteiger partial charge in [-0.1, -0.05) is 13.8 Å². The summed E-state index contributed by atoms with van der Waals surface area (Å²) in [6, 6.07) is 4.97. The van der Waals surface area contributed by atoms with Gasteiger partial charge in [0.2, 0.25) is 0 Å². The van der Waals surface area contributed by atoms with Gasteiger partial charge in [0, 0.05) is 12.3 Å². The second-order valence-electron chi connectivity index (χ2n) is 7.11. The second kappa shape index (κ2) is 9.74.